The van der Waals surface area contributed by atoms with Crippen molar-refractivity contribution in [3.8, 4) is 23.0 Å². The van der Waals surface area contributed by atoms with E-state index in [1.165, 1.54) is 18.2 Å². The Balaban J connectivity index is 1.75. The Morgan fingerprint density at radius 1 is 1.13 bits per heavy atom. The molecule has 3 N–H and O–H groups in total. The van der Waals surface area contributed by atoms with E-state index in [-0.39, 0.29) is 18.3 Å². The molecule has 1 heterocycles. The second-order valence-corrected chi connectivity index (χ2v) is 4.91. The van der Waals surface area contributed by atoms with Gasteiger partial charge in [-0.3, -0.25) is 4.79 Å². The van der Waals surface area contributed by atoms with Crippen LogP contribution in [-0.4, -0.2) is 28.6 Å². The van der Waals surface area contributed by atoms with Gasteiger partial charge in [-0.25, -0.2) is 5.43 Å². The minimum absolute atomic E-state index is 0.0524. The van der Waals surface area contributed by atoms with Gasteiger partial charge in [0.2, 0.25) is 6.79 Å². The second-order valence-electron chi connectivity index (χ2n) is 4.91. The summed E-state index contributed by atoms with van der Waals surface area (Å²) in [6, 6.07) is 8.96. The van der Waals surface area contributed by atoms with Gasteiger partial charge in [0.1, 0.15) is 11.5 Å². The van der Waals surface area contributed by atoms with E-state index < -0.39 is 5.91 Å². The number of phenols is 2. The summed E-state index contributed by atoms with van der Waals surface area (Å²) in [5.74, 6) is 0.512. The van der Waals surface area contributed by atoms with Gasteiger partial charge in [-0.1, -0.05) is 0 Å². The zero-order chi connectivity index (χ0) is 16.4. The maximum absolute atomic E-state index is 12.1. The Labute approximate surface area is 131 Å². The molecular formula is C16H14N2O5. The number of hydrogen-bond donors (Lipinski definition) is 3. The van der Waals surface area contributed by atoms with Gasteiger partial charge in [0.25, 0.3) is 5.91 Å². The molecule has 0 saturated carbocycles. The molecule has 0 bridgehead atoms. The van der Waals surface area contributed by atoms with Crippen LogP contribution in [0.15, 0.2) is 41.5 Å². The lowest BCUT2D eigenvalue weighted by Gasteiger charge is -2.06. The van der Waals surface area contributed by atoms with Crippen LogP contribution in [-0.2, 0) is 0 Å². The Morgan fingerprint density at radius 3 is 2.70 bits per heavy atom. The number of carbonyl (C=O) groups excluding carboxylic acids is 1. The zero-order valence-electron chi connectivity index (χ0n) is 12.2. The lowest BCUT2D eigenvalue weighted by molar-refractivity contribution is 0.0954. The fraction of sp³-hybridized carbons (Fsp3) is 0.125. The van der Waals surface area contributed by atoms with Crippen molar-refractivity contribution in [2.45, 2.75) is 6.92 Å². The maximum atomic E-state index is 12.1. The van der Waals surface area contributed by atoms with Crippen molar-refractivity contribution >= 4 is 11.6 Å². The van der Waals surface area contributed by atoms with E-state index in [0.29, 0.717) is 28.3 Å². The lowest BCUT2D eigenvalue weighted by atomic mass is 10.1. The van der Waals surface area contributed by atoms with Crippen LogP contribution < -0.4 is 14.9 Å². The van der Waals surface area contributed by atoms with Crippen LogP contribution >= 0.6 is 0 Å². The van der Waals surface area contributed by atoms with Crippen LogP contribution in [0.5, 0.6) is 23.0 Å². The van der Waals surface area contributed by atoms with Crippen LogP contribution in [0.25, 0.3) is 0 Å². The second kappa shape index (κ2) is 5.88. The molecule has 0 saturated heterocycles. The van der Waals surface area contributed by atoms with Gasteiger partial charge in [-0.05, 0) is 37.3 Å². The summed E-state index contributed by atoms with van der Waals surface area (Å²) in [5, 5.41) is 23.0. The predicted octanol–water partition coefficient (Wildman–Crippen LogP) is 1.98. The van der Waals surface area contributed by atoms with Gasteiger partial charge < -0.3 is 19.7 Å². The maximum Gasteiger partial charge on any atom is 0.271 e. The third kappa shape index (κ3) is 3.03. The van der Waals surface area contributed by atoms with Crippen molar-refractivity contribution in [3.05, 3.63) is 47.5 Å². The average Bonchev–Trinajstić information content (AvgIpc) is 2.99. The van der Waals surface area contributed by atoms with Crippen molar-refractivity contribution in [1.29, 1.82) is 0 Å². The minimum Gasteiger partial charge on any atom is -0.508 e. The fourth-order valence-electron chi connectivity index (χ4n) is 2.12. The first-order chi connectivity index (χ1) is 11.0. The molecule has 2 aromatic rings. The molecule has 0 radical (unpaired) electrons. The Hall–Kier alpha value is -3.22. The molecule has 1 aliphatic heterocycles. The van der Waals surface area contributed by atoms with Crippen LogP contribution in [0.3, 0.4) is 0 Å². The van der Waals surface area contributed by atoms with Crippen molar-refractivity contribution in [1.82, 2.24) is 5.43 Å². The summed E-state index contributed by atoms with van der Waals surface area (Å²) in [7, 11) is 0. The molecule has 1 amide bonds. The van der Waals surface area contributed by atoms with Gasteiger partial charge >= 0.3 is 0 Å². The third-order valence-electron chi connectivity index (χ3n) is 3.33. The van der Waals surface area contributed by atoms with E-state index in [0.717, 1.165) is 0 Å². The van der Waals surface area contributed by atoms with E-state index in [1.54, 1.807) is 25.1 Å². The number of hydrogen-bond acceptors (Lipinski definition) is 6. The summed E-state index contributed by atoms with van der Waals surface area (Å²) in [6.07, 6.45) is 0. The number of rotatable bonds is 3. The van der Waals surface area contributed by atoms with E-state index in [4.69, 9.17) is 9.47 Å². The topological polar surface area (TPSA) is 100 Å². The SMILES string of the molecule is C/C(=N/NC(=O)c1ccc2c(c1)OCO2)c1ccc(O)cc1O. The number of nitrogens with zero attached hydrogens (tertiary/aromatic N) is 1. The highest BCUT2D eigenvalue weighted by molar-refractivity contribution is 6.02. The third-order valence-corrected chi connectivity index (χ3v) is 3.33. The molecule has 0 aliphatic carbocycles. The van der Waals surface area contributed by atoms with Gasteiger partial charge in [0, 0.05) is 17.2 Å². The molecule has 7 heteroatoms. The van der Waals surface area contributed by atoms with Crippen LogP contribution in [0.1, 0.15) is 22.8 Å². The van der Waals surface area contributed by atoms with Crippen molar-refractivity contribution in [2.24, 2.45) is 5.10 Å². The Morgan fingerprint density at radius 2 is 1.91 bits per heavy atom. The number of phenolic OH excluding ortho intramolecular Hbond substituents is 2. The Kier molecular flexibility index (Phi) is 3.76. The monoisotopic (exact) mass is 314 g/mol. The molecule has 23 heavy (non-hydrogen) atoms. The molecule has 7 nitrogen and oxygen atoms in total. The summed E-state index contributed by atoms with van der Waals surface area (Å²) in [6.45, 7) is 1.77. The number of fused-ring (bicyclic) bond motifs is 1. The highest BCUT2D eigenvalue weighted by atomic mass is 16.7. The highest BCUT2D eigenvalue weighted by Crippen LogP contribution is 2.32. The molecule has 1 aliphatic rings. The fourth-order valence-corrected chi connectivity index (χ4v) is 2.12. The van der Waals surface area contributed by atoms with Crippen LogP contribution in [0.2, 0.25) is 0 Å². The Bertz CT molecular complexity index is 801. The molecule has 0 aromatic heterocycles. The zero-order valence-corrected chi connectivity index (χ0v) is 12.2. The first-order valence-electron chi connectivity index (χ1n) is 6.81. The number of aromatic hydroxyl groups is 2. The lowest BCUT2D eigenvalue weighted by Crippen LogP contribution is -2.19. The highest BCUT2D eigenvalue weighted by Gasteiger charge is 2.16. The molecule has 2 aromatic carbocycles. The molecule has 0 atom stereocenters. The van der Waals surface area contributed by atoms with E-state index >= 15 is 0 Å². The number of amides is 1. The van der Waals surface area contributed by atoms with E-state index in [1.807, 2.05) is 0 Å². The van der Waals surface area contributed by atoms with Gasteiger partial charge in [-0.15, -0.1) is 0 Å². The van der Waals surface area contributed by atoms with Crippen molar-refractivity contribution in [2.75, 3.05) is 6.79 Å². The first kappa shape index (κ1) is 14.7. The number of ether oxygens (including phenoxy) is 2. The molecular weight excluding hydrogens is 300 g/mol. The number of carbonyl (C=O) groups is 1. The van der Waals surface area contributed by atoms with Crippen LogP contribution in [0, 0.1) is 0 Å². The van der Waals surface area contributed by atoms with Crippen molar-refractivity contribution in [3.63, 3.8) is 0 Å². The normalized spacial score (nSPS) is 13.0. The van der Waals surface area contributed by atoms with Crippen LogP contribution in [0.4, 0.5) is 0 Å². The number of nitrogens with one attached hydrogen (secondary N) is 1. The average molecular weight is 314 g/mol. The largest absolute Gasteiger partial charge is 0.508 e. The summed E-state index contributed by atoms with van der Waals surface area (Å²) >= 11 is 0. The quantitative estimate of drug-likeness (QED) is 0.594. The molecule has 3 rings (SSSR count). The standard InChI is InChI=1S/C16H14N2O5/c1-9(12-4-3-11(19)7-13(12)20)17-18-16(21)10-2-5-14-15(6-10)23-8-22-14/h2-7,19-20H,8H2,1H3,(H,18,21)/b17-9-. The summed E-state index contributed by atoms with van der Waals surface area (Å²) in [4.78, 5) is 12.1. The van der Waals surface area contributed by atoms with Gasteiger partial charge in [0.05, 0.1) is 5.71 Å². The van der Waals surface area contributed by atoms with Crippen molar-refractivity contribution < 1.29 is 24.5 Å². The van der Waals surface area contributed by atoms with E-state index in [2.05, 4.69) is 10.5 Å². The molecule has 0 fully saturated rings. The predicted molar refractivity (Wildman–Crippen MR) is 82.0 cm³/mol. The summed E-state index contributed by atoms with van der Waals surface area (Å²) < 4.78 is 10.4. The van der Waals surface area contributed by atoms with Gasteiger partial charge in [-0.2, -0.15) is 5.10 Å². The summed E-state index contributed by atoms with van der Waals surface area (Å²) in [5.41, 5.74) is 3.60. The molecule has 0 unspecified atom stereocenters. The molecule has 118 valence electrons. The smallest absolute Gasteiger partial charge is 0.271 e. The number of hydrazone groups is 1. The van der Waals surface area contributed by atoms with E-state index in [9.17, 15) is 15.0 Å². The van der Waals surface area contributed by atoms with Gasteiger partial charge in [0.15, 0.2) is 11.5 Å². The molecule has 0 spiro atoms. The first-order valence-corrected chi connectivity index (χ1v) is 6.81. The number of benzene rings is 2. The minimum atomic E-state index is -0.416.